The number of carbonyl (C=O) groups excluding carboxylic acids is 1. The zero-order chi connectivity index (χ0) is 18.6. The van der Waals surface area contributed by atoms with Crippen molar-refractivity contribution < 1.29 is 17.9 Å². The number of nitrogens with one attached hydrogen (secondary N) is 2. The van der Waals surface area contributed by atoms with Crippen molar-refractivity contribution in [1.29, 1.82) is 0 Å². The molecule has 2 aromatic carbocycles. The van der Waals surface area contributed by atoms with Crippen molar-refractivity contribution in [2.45, 2.75) is 4.21 Å². The molecule has 8 heteroatoms. The number of thiophene rings is 1. The van der Waals surface area contributed by atoms with E-state index in [1.165, 1.54) is 13.2 Å². The van der Waals surface area contributed by atoms with Crippen molar-refractivity contribution >= 4 is 38.6 Å². The molecule has 0 spiro atoms. The predicted octanol–water partition coefficient (Wildman–Crippen LogP) is 3.81. The second-order valence-electron chi connectivity index (χ2n) is 5.27. The second kappa shape index (κ2) is 7.59. The van der Waals surface area contributed by atoms with E-state index in [4.69, 9.17) is 4.74 Å². The van der Waals surface area contributed by atoms with Gasteiger partial charge < -0.3 is 10.1 Å². The standard InChI is InChI=1S/C18H16N2O4S2/c1-24-14-7-4-6-13(12-14)19-18(21)15-8-2-3-9-16(15)20-26(22,23)17-10-5-11-25-17/h2-12,20H,1H3,(H,19,21). The van der Waals surface area contributed by atoms with Gasteiger partial charge in [-0.2, -0.15) is 0 Å². The maximum absolute atomic E-state index is 12.6. The highest BCUT2D eigenvalue weighted by atomic mass is 32.2. The highest BCUT2D eigenvalue weighted by molar-refractivity contribution is 7.94. The summed E-state index contributed by atoms with van der Waals surface area (Å²) in [5.74, 6) is 0.178. The minimum Gasteiger partial charge on any atom is -0.497 e. The van der Waals surface area contributed by atoms with Gasteiger partial charge in [0.1, 0.15) is 9.96 Å². The number of methoxy groups -OCH3 is 1. The van der Waals surface area contributed by atoms with Gasteiger partial charge in [0.05, 0.1) is 18.4 Å². The van der Waals surface area contributed by atoms with E-state index in [9.17, 15) is 13.2 Å². The molecule has 0 saturated carbocycles. The highest BCUT2D eigenvalue weighted by Crippen LogP contribution is 2.24. The summed E-state index contributed by atoms with van der Waals surface area (Å²) in [4.78, 5) is 12.6. The fourth-order valence-electron chi connectivity index (χ4n) is 2.28. The molecule has 0 unspecified atom stereocenters. The maximum atomic E-state index is 12.6. The summed E-state index contributed by atoms with van der Waals surface area (Å²) in [5, 5.41) is 4.42. The molecule has 134 valence electrons. The summed E-state index contributed by atoms with van der Waals surface area (Å²) < 4.78 is 32.6. The van der Waals surface area contributed by atoms with Gasteiger partial charge in [-0.3, -0.25) is 9.52 Å². The fourth-order valence-corrected chi connectivity index (χ4v) is 4.35. The minimum absolute atomic E-state index is 0.181. The van der Waals surface area contributed by atoms with E-state index in [0.717, 1.165) is 11.3 Å². The van der Waals surface area contributed by atoms with Gasteiger partial charge >= 0.3 is 0 Å². The summed E-state index contributed by atoms with van der Waals surface area (Å²) in [6.07, 6.45) is 0. The Bertz CT molecular complexity index is 1020. The lowest BCUT2D eigenvalue weighted by Crippen LogP contribution is -2.18. The average Bonchev–Trinajstić information content (AvgIpc) is 3.17. The Morgan fingerprint density at radius 3 is 2.58 bits per heavy atom. The van der Waals surface area contributed by atoms with Crippen molar-refractivity contribution in [2.75, 3.05) is 17.1 Å². The van der Waals surface area contributed by atoms with Crippen molar-refractivity contribution in [3.8, 4) is 5.75 Å². The number of rotatable bonds is 6. The minimum atomic E-state index is -3.74. The Labute approximate surface area is 155 Å². The van der Waals surface area contributed by atoms with Crippen molar-refractivity contribution in [3.63, 3.8) is 0 Å². The molecule has 0 aliphatic rings. The average molecular weight is 388 g/mol. The Hall–Kier alpha value is -2.84. The quantitative estimate of drug-likeness (QED) is 0.672. The van der Waals surface area contributed by atoms with Crippen LogP contribution in [0.5, 0.6) is 5.75 Å². The Kier molecular flexibility index (Phi) is 5.24. The lowest BCUT2D eigenvalue weighted by atomic mass is 10.1. The molecule has 0 aliphatic carbocycles. The zero-order valence-electron chi connectivity index (χ0n) is 13.8. The number of amides is 1. The van der Waals surface area contributed by atoms with Crippen LogP contribution in [0.4, 0.5) is 11.4 Å². The first-order valence-corrected chi connectivity index (χ1v) is 9.96. The predicted molar refractivity (Wildman–Crippen MR) is 103 cm³/mol. The van der Waals surface area contributed by atoms with Crippen LogP contribution in [-0.4, -0.2) is 21.4 Å². The van der Waals surface area contributed by atoms with Crippen LogP contribution < -0.4 is 14.8 Å². The van der Waals surface area contributed by atoms with Gasteiger partial charge in [-0.25, -0.2) is 8.42 Å². The van der Waals surface area contributed by atoms with E-state index in [1.54, 1.807) is 60.0 Å². The van der Waals surface area contributed by atoms with Crippen LogP contribution >= 0.6 is 11.3 Å². The molecule has 0 aliphatic heterocycles. The first-order chi connectivity index (χ1) is 12.5. The molecule has 0 fully saturated rings. The van der Waals surface area contributed by atoms with Crippen LogP contribution in [0.1, 0.15) is 10.4 Å². The Morgan fingerprint density at radius 2 is 1.85 bits per heavy atom. The largest absolute Gasteiger partial charge is 0.497 e. The Morgan fingerprint density at radius 1 is 1.04 bits per heavy atom. The number of carbonyl (C=O) groups is 1. The third-order valence-electron chi connectivity index (χ3n) is 3.50. The maximum Gasteiger partial charge on any atom is 0.271 e. The molecule has 1 aromatic heterocycles. The normalized spacial score (nSPS) is 11.0. The van der Waals surface area contributed by atoms with Gasteiger partial charge in [0.2, 0.25) is 0 Å². The summed E-state index contributed by atoms with van der Waals surface area (Å²) >= 11 is 1.11. The topological polar surface area (TPSA) is 84.5 Å². The molecule has 0 atom stereocenters. The highest BCUT2D eigenvalue weighted by Gasteiger charge is 2.19. The Balaban J connectivity index is 1.86. The lowest BCUT2D eigenvalue weighted by Gasteiger charge is -2.12. The zero-order valence-corrected chi connectivity index (χ0v) is 15.4. The van der Waals surface area contributed by atoms with E-state index in [-0.39, 0.29) is 15.5 Å². The molecule has 1 heterocycles. The molecule has 3 aromatic rings. The molecule has 0 saturated heterocycles. The van der Waals surface area contributed by atoms with Crippen molar-refractivity contribution in [2.24, 2.45) is 0 Å². The first kappa shape index (κ1) is 18.0. The number of hydrogen-bond donors (Lipinski definition) is 2. The van der Waals surface area contributed by atoms with E-state index in [0.29, 0.717) is 11.4 Å². The van der Waals surface area contributed by atoms with E-state index >= 15 is 0 Å². The van der Waals surface area contributed by atoms with Crippen LogP contribution in [0.2, 0.25) is 0 Å². The number of hydrogen-bond acceptors (Lipinski definition) is 5. The number of anilines is 2. The molecular weight excluding hydrogens is 372 g/mol. The van der Waals surface area contributed by atoms with E-state index in [2.05, 4.69) is 10.0 Å². The van der Waals surface area contributed by atoms with Gasteiger partial charge in [-0.1, -0.05) is 24.3 Å². The van der Waals surface area contributed by atoms with E-state index in [1.807, 2.05) is 0 Å². The van der Waals surface area contributed by atoms with E-state index < -0.39 is 15.9 Å². The monoisotopic (exact) mass is 388 g/mol. The molecule has 1 amide bonds. The lowest BCUT2D eigenvalue weighted by molar-refractivity contribution is 0.102. The van der Waals surface area contributed by atoms with Gasteiger partial charge in [0.15, 0.2) is 0 Å². The molecule has 0 bridgehead atoms. The molecule has 26 heavy (non-hydrogen) atoms. The smallest absolute Gasteiger partial charge is 0.271 e. The number of para-hydroxylation sites is 1. The number of ether oxygens (including phenoxy) is 1. The summed E-state index contributed by atoms with van der Waals surface area (Å²) in [5.41, 5.74) is 0.974. The number of sulfonamides is 1. The van der Waals surface area contributed by atoms with Crippen LogP contribution in [0.3, 0.4) is 0 Å². The van der Waals surface area contributed by atoms with Gasteiger partial charge in [-0.15, -0.1) is 11.3 Å². The number of benzene rings is 2. The van der Waals surface area contributed by atoms with Gasteiger partial charge in [0, 0.05) is 11.8 Å². The molecule has 6 nitrogen and oxygen atoms in total. The van der Waals surface area contributed by atoms with Gasteiger partial charge in [-0.05, 0) is 35.7 Å². The fraction of sp³-hybridized carbons (Fsp3) is 0.0556. The van der Waals surface area contributed by atoms with Crippen molar-refractivity contribution in [3.05, 3.63) is 71.6 Å². The summed E-state index contributed by atoms with van der Waals surface area (Å²) in [7, 11) is -2.20. The molecule has 3 rings (SSSR count). The third kappa shape index (κ3) is 4.04. The molecule has 2 N–H and O–H groups in total. The summed E-state index contributed by atoms with van der Waals surface area (Å²) in [6.45, 7) is 0. The van der Waals surface area contributed by atoms with Crippen LogP contribution in [-0.2, 0) is 10.0 Å². The second-order valence-corrected chi connectivity index (χ2v) is 8.13. The van der Waals surface area contributed by atoms with Crippen LogP contribution in [0.25, 0.3) is 0 Å². The SMILES string of the molecule is COc1cccc(NC(=O)c2ccccc2NS(=O)(=O)c2cccs2)c1. The molecular formula is C18H16N2O4S2. The first-order valence-electron chi connectivity index (χ1n) is 7.60. The third-order valence-corrected chi connectivity index (χ3v) is 6.27. The summed E-state index contributed by atoms with van der Waals surface area (Å²) in [6, 6.07) is 16.5. The van der Waals surface area contributed by atoms with Crippen molar-refractivity contribution in [1.82, 2.24) is 0 Å². The van der Waals surface area contributed by atoms with Crippen LogP contribution in [0.15, 0.2) is 70.3 Å². The molecule has 0 radical (unpaired) electrons. The van der Waals surface area contributed by atoms with Crippen LogP contribution in [0, 0.1) is 0 Å². The van der Waals surface area contributed by atoms with Gasteiger partial charge in [0.25, 0.3) is 15.9 Å².